The molecule has 0 spiro atoms. The maximum absolute atomic E-state index is 12.2. The average Bonchev–Trinajstić information content (AvgIpc) is 2.89. The van der Waals surface area contributed by atoms with Gasteiger partial charge in [0.2, 0.25) is 11.8 Å². The number of halogens is 1. The Kier molecular flexibility index (Phi) is 6.02. The van der Waals surface area contributed by atoms with Gasteiger partial charge in [0.25, 0.3) is 0 Å². The van der Waals surface area contributed by atoms with E-state index in [9.17, 15) is 14.7 Å². The van der Waals surface area contributed by atoms with Crippen LogP contribution in [-0.2, 0) is 9.59 Å². The Balaban J connectivity index is 1.86. The highest BCUT2D eigenvalue weighted by atomic mass is 35.5. The minimum atomic E-state index is -0.425. The molecule has 0 bridgehead atoms. The maximum Gasteiger partial charge on any atom is 0.227 e. The zero-order valence-electron chi connectivity index (χ0n) is 13.5. The maximum atomic E-state index is 12.2. The third-order valence-electron chi connectivity index (χ3n) is 4.14. The Morgan fingerprint density at radius 2 is 2.04 bits per heavy atom. The van der Waals surface area contributed by atoms with Gasteiger partial charge in [-0.3, -0.25) is 9.59 Å². The molecule has 0 radical (unpaired) electrons. The van der Waals surface area contributed by atoms with Crippen molar-refractivity contribution >= 4 is 29.1 Å². The van der Waals surface area contributed by atoms with Crippen molar-refractivity contribution in [2.75, 3.05) is 18.0 Å². The van der Waals surface area contributed by atoms with Crippen molar-refractivity contribution in [3.8, 4) is 0 Å². The van der Waals surface area contributed by atoms with Crippen molar-refractivity contribution in [1.29, 1.82) is 0 Å². The number of amides is 2. The van der Waals surface area contributed by atoms with Gasteiger partial charge in [0.15, 0.2) is 0 Å². The second-order valence-corrected chi connectivity index (χ2v) is 6.71. The van der Waals surface area contributed by atoms with Crippen molar-refractivity contribution in [1.82, 2.24) is 5.32 Å². The normalized spacial score (nSPS) is 19.3. The highest BCUT2D eigenvalue weighted by Gasteiger charge is 2.34. The molecule has 2 atom stereocenters. The van der Waals surface area contributed by atoms with Crippen LogP contribution in [0.1, 0.15) is 26.7 Å². The van der Waals surface area contributed by atoms with Crippen LogP contribution in [-0.4, -0.2) is 36.1 Å². The van der Waals surface area contributed by atoms with E-state index in [1.54, 1.807) is 29.2 Å². The summed E-state index contributed by atoms with van der Waals surface area (Å²) in [7, 11) is 0. The molecule has 0 aliphatic carbocycles. The second kappa shape index (κ2) is 7.79. The fraction of sp³-hybridized carbons (Fsp3) is 0.529. The number of rotatable bonds is 6. The lowest BCUT2D eigenvalue weighted by Gasteiger charge is -2.17. The topological polar surface area (TPSA) is 69.6 Å². The summed E-state index contributed by atoms with van der Waals surface area (Å²) in [5.74, 6) is -0.379. The zero-order valence-corrected chi connectivity index (χ0v) is 14.2. The van der Waals surface area contributed by atoms with Gasteiger partial charge in [0.1, 0.15) is 0 Å². The summed E-state index contributed by atoms with van der Waals surface area (Å²) in [6, 6.07) is 7.01. The Labute approximate surface area is 141 Å². The van der Waals surface area contributed by atoms with E-state index in [0.717, 1.165) is 5.69 Å². The fourth-order valence-corrected chi connectivity index (χ4v) is 2.70. The van der Waals surface area contributed by atoms with Crippen LogP contribution in [0, 0.1) is 11.8 Å². The lowest BCUT2D eigenvalue weighted by molar-refractivity contribution is -0.126. The molecule has 2 N–H and O–H groups in total. The van der Waals surface area contributed by atoms with E-state index in [1.165, 1.54) is 0 Å². The van der Waals surface area contributed by atoms with Gasteiger partial charge < -0.3 is 15.3 Å². The molecule has 0 saturated carbocycles. The molecule has 1 aliphatic rings. The summed E-state index contributed by atoms with van der Waals surface area (Å²) in [5, 5.41) is 13.2. The first-order valence-corrected chi connectivity index (χ1v) is 8.28. The predicted molar refractivity (Wildman–Crippen MR) is 90.4 cm³/mol. The van der Waals surface area contributed by atoms with Crippen LogP contribution in [0.15, 0.2) is 24.3 Å². The lowest BCUT2D eigenvalue weighted by Crippen LogP contribution is -2.35. The van der Waals surface area contributed by atoms with Gasteiger partial charge in [0, 0.05) is 30.2 Å². The van der Waals surface area contributed by atoms with Crippen LogP contribution in [0.2, 0.25) is 5.02 Å². The SMILES string of the molecule is CC(C)C(O)CCNC(=O)C1CC(=O)N(c2ccc(Cl)cc2)C1. The van der Waals surface area contributed by atoms with Crippen LogP contribution in [0.25, 0.3) is 0 Å². The minimum absolute atomic E-state index is 0.0605. The fourth-order valence-electron chi connectivity index (χ4n) is 2.57. The van der Waals surface area contributed by atoms with Gasteiger partial charge in [-0.1, -0.05) is 25.4 Å². The molecule has 2 rings (SSSR count). The Morgan fingerprint density at radius 3 is 2.65 bits per heavy atom. The molecule has 1 aromatic rings. The van der Waals surface area contributed by atoms with E-state index in [-0.39, 0.29) is 30.1 Å². The molecule has 0 aromatic heterocycles. The number of anilines is 1. The van der Waals surface area contributed by atoms with Crippen molar-refractivity contribution < 1.29 is 14.7 Å². The van der Waals surface area contributed by atoms with E-state index in [1.807, 2.05) is 13.8 Å². The first kappa shape index (κ1) is 17.8. The number of hydrogen-bond donors (Lipinski definition) is 2. The van der Waals surface area contributed by atoms with E-state index >= 15 is 0 Å². The van der Waals surface area contributed by atoms with E-state index in [2.05, 4.69) is 5.32 Å². The van der Waals surface area contributed by atoms with E-state index < -0.39 is 6.10 Å². The molecule has 23 heavy (non-hydrogen) atoms. The first-order valence-electron chi connectivity index (χ1n) is 7.90. The molecular weight excluding hydrogens is 316 g/mol. The van der Waals surface area contributed by atoms with Gasteiger partial charge in [-0.2, -0.15) is 0 Å². The minimum Gasteiger partial charge on any atom is -0.393 e. The van der Waals surface area contributed by atoms with Gasteiger partial charge in [-0.15, -0.1) is 0 Å². The van der Waals surface area contributed by atoms with Crippen molar-refractivity contribution in [3.05, 3.63) is 29.3 Å². The van der Waals surface area contributed by atoms with E-state index in [4.69, 9.17) is 11.6 Å². The van der Waals surface area contributed by atoms with Crippen LogP contribution < -0.4 is 10.2 Å². The molecule has 1 heterocycles. The zero-order chi connectivity index (χ0) is 17.0. The standard InChI is InChI=1S/C17H23ClN2O3/c1-11(2)15(21)7-8-19-17(23)12-9-16(22)20(10-12)14-5-3-13(18)4-6-14/h3-6,11-12,15,21H,7-10H2,1-2H3,(H,19,23). The lowest BCUT2D eigenvalue weighted by atomic mass is 10.0. The first-order chi connectivity index (χ1) is 10.9. The summed E-state index contributed by atoms with van der Waals surface area (Å²) >= 11 is 5.85. The number of nitrogens with one attached hydrogen (secondary N) is 1. The summed E-state index contributed by atoms with van der Waals surface area (Å²) in [5.41, 5.74) is 0.755. The number of carbonyl (C=O) groups excluding carboxylic acids is 2. The molecular formula is C17H23ClN2O3. The Bertz CT molecular complexity index is 559. The molecule has 126 valence electrons. The molecule has 1 aliphatic heterocycles. The highest BCUT2D eigenvalue weighted by molar-refractivity contribution is 6.30. The van der Waals surface area contributed by atoms with Crippen LogP contribution >= 0.6 is 11.6 Å². The summed E-state index contributed by atoms with van der Waals surface area (Å²) in [6.07, 6.45) is 0.303. The molecule has 2 unspecified atom stereocenters. The Hall–Kier alpha value is -1.59. The van der Waals surface area contributed by atoms with E-state index in [0.29, 0.717) is 24.5 Å². The molecule has 1 saturated heterocycles. The summed E-state index contributed by atoms with van der Waals surface area (Å²) in [4.78, 5) is 25.9. The van der Waals surface area contributed by atoms with Crippen molar-refractivity contribution in [2.24, 2.45) is 11.8 Å². The Morgan fingerprint density at radius 1 is 1.39 bits per heavy atom. The molecule has 1 fully saturated rings. The van der Waals surface area contributed by atoms with Gasteiger partial charge >= 0.3 is 0 Å². The number of carbonyl (C=O) groups is 2. The number of hydrogen-bond acceptors (Lipinski definition) is 3. The predicted octanol–water partition coefficient (Wildman–Crippen LogP) is 2.22. The van der Waals surface area contributed by atoms with Crippen LogP contribution in [0.5, 0.6) is 0 Å². The summed E-state index contributed by atoms with van der Waals surface area (Å²) in [6.45, 7) is 4.67. The quantitative estimate of drug-likeness (QED) is 0.835. The second-order valence-electron chi connectivity index (χ2n) is 6.27. The number of benzene rings is 1. The van der Waals surface area contributed by atoms with Crippen molar-refractivity contribution in [2.45, 2.75) is 32.8 Å². The van der Waals surface area contributed by atoms with Gasteiger partial charge in [0.05, 0.1) is 12.0 Å². The summed E-state index contributed by atoms with van der Waals surface area (Å²) < 4.78 is 0. The molecule has 6 heteroatoms. The highest BCUT2D eigenvalue weighted by Crippen LogP contribution is 2.26. The van der Waals surface area contributed by atoms with Gasteiger partial charge in [-0.05, 0) is 36.6 Å². The van der Waals surface area contributed by atoms with Gasteiger partial charge in [-0.25, -0.2) is 0 Å². The smallest absolute Gasteiger partial charge is 0.227 e. The van der Waals surface area contributed by atoms with Crippen molar-refractivity contribution in [3.63, 3.8) is 0 Å². The monoisotopic (exact) mass is 338 g/mol. The third kappa shape index (κ3) is 4.69. The van der Waals surface area contributed by atoms with Crippen LogP contribution in [0.4, 0.5) is 5.69 Å². The third-order valence-corrected chi connectivity index (χ3v) is 4.39. The molecule has 1 aromatic carbocycles. The molecule has 2 amide bonds. The number of nitrogens with zero attached hydrogens (tertiary/aromatic N) is 1. The molecule has 5 nitrogen and oxygen atoms in total. The van der Waals surface area contributed by atoms with Crippen LogP contribution in [0.3, 0.4) is 0 Å². The largest absolute Gasteiger partial charge is 0.393 e. The number of aliphatic hydroxyl groups excluding tert-OH is 1. The number of aliphatic hydroxyl groups is 1. The average molecular weight is 339 g/mol.